The topological polar surface area (TPSA) is 25.8 Å². The molecular weight excluding hydrogens is 781 g/mol. The highest BCUT2D eigenvalue weighted by Gasteiger charge is 2.42. The third-order valence-electron chi connectivity index (χ3n) is 13.0. The molecule has 1 atom stereocenters. The van der Waals surface area contributed by atoms with Gasteiger partial charge in [0.2, 0.25) is 0 Å². The van der Waals surface area contributed by atoms with Crippen molar-refractivity contribution in [2.75, 3.05) is 0 Å². The van der Waals surface area contributed by atoms with Crippen molar-refractivity contribution in [1.29, 1.82) is 0 Å². The lowest BCUT2D eigenvalue weighted by molar-refractivity contribution is 0.715. The van der Waals surface area contributed by atoms with Crippen LogP contribution in [0.1, 0.15) is 23.6 Å². The first-order valence-corrected chi connectivity index (χ1v) is 22.4. The molecule has 0 radical (unpaired) electrons. The van der Waals surface area contributed by atoms with Crippen molar-refractivity contribution in [2.45, 2.75) is 12.3 Å². The largest absolute Gasteiger partial charge is 0.228 e. The number of thiophene rings is 1. The fourth-order valence-electron chi connectivity index (χ4n) is 9.90. The minimum absolute atomic E-state index is 0.399. The smallest absolute Gasteiger partial charge is 0.160 e. The lowest BCUT2D eigenvalue weighted by Gasteiger charge is -2.30. The van der Waals surface area contributed by atoms with Crippen molar-refractivity contribution in [3.05, 3.63) is 241 Å². The monoisotopic (exact) mass is 820 g/mol. The zero-order valence-electron chi connectivity index (χ0n) is 34.7. The molecule has 1 aliphatic carbocycles. The fourth-order valence-corrected chi connectivity index (χ4v) is 11.1. The molecule has 9 aromatic carbocycles. The molecule has 2 aromatic heterocycles. The Balaban J connectivity index is 1.10. The summed E-state index contributed by atoms with van der Waals surface area (Å²) < 4.78 is 2.58. The van der Waals surface area contributed by atoms with Crippen LogP contribution in [-0.4, -0.2) is 9.97 Å². The van der Waals surface area contributed by atoms with Gasteiger partial charge in [-0.1, -0.05) is 194 Å². The Morgan fingerprint density at radius 2 is 0.905 bits per heavy atom. The predicted molar refractivity (Wildman–Crippen MR) is 265 cm³/mol. The first kappa shape index (κ1) is 37.1. The van der Waals surface area contributed by atoms with E-state index in [1.807, 2.05) is 17.4 Å². The lowest BCUT2D eigenvalue weighted by atomic mass is 9.72. The lowest BCUT2D eigenvalue weighted by Crippen LogP contribution is -2.23. The fraction of sp³-hybridized carbons (Fsp3) is 0.0333. The number of fused-ring (bicyclic) bond motifs is 6. The SMILES string of the molecule is CC1(c2ccccc2)c2ccccc2-c2cccc(-c3cc(-c4cc(-c5ccc(-c6ccccc6)cc5)cc(-c5cccc6c5sc5ccccc56)c4)nc(-c4ccccc4)n3)c21. The van der Waals surface area contributed by atoms with Crippen LogP contribution in [0.5, 0.6) is 0 Å². The van der Waals surface area contributed by atoms with Crippen LogP contribution in [0.25, 0.3) is 98.6 Å². The molecule has 0 fully saturated rings. The Morgan fingerprint density at radius 3 is 1.70 bits per heavy atom. The highest BCUT2D eigenvalue weighted by molar-refractivity contribution is 7.26. The molecule has 0 N–H and O–H groups in total. The molecule has 296 valence electrons. The molecule has 12 rings (SSSR count). The first-order valence-electron chi connectivity index (χ1n) is 21.6. The summed E-state index contributed by atoms with van der Waals surface area (Å²) in [6.45, 7) is 2.38. The summed E-state index contributed by atoms with van der Waals surface area (Å²) in [6, 6.07) is 81.2. The van der Waals surface area contributed by atoms with E-state index in [0.717, 1.165) is 44.8 Å². The molecule has 0 saturated carbocycles. The molecular formula is C60H40N2S. The maximum Gasteiger partial charge on any atom is 0.160 e. The first-order chi connectivity index (χ1) is 31.1. The summed E-state index contributed by atoms with van der Waals surface area (Å²) in [5.74, 6) is 0.698. The maximum atomic E-state index is 5.45. The van der Waals surface area contributed by atoms with Crippen molar-refractivity contribution in [2.24, 2.45) is 0 Å². The van der Waals surface area contributed by atoms with Crippen LogP contribution in [0, 0.1) is 0 Å². The average Bonchev–Trinajstić information content (AvgIpc) is 3.88. The van der Waals surface area contributed by atoms with Gasteiger partial charge in [-0.2, -0.15) is 0 Å². The van der Waals surface area contributed by atoms with Gasteiger partial charge in [0.05, 0.1) is 11.4 Å². The van der Waals surface area contributed by atoms with Crippen molar-refractivity contribution < 1.29 is 0 Å². The van der Waals surface area contributed by atoms with E-state index in [4.69, 9.17) is 9.97 Å². The Labute approximate surface area is 371 Å². The van der Waals surface area contributed by atoms with Gasteiger partial charge in [0.25, 0.3) is 0 Å². The van der Waals surface area contributed by atoms with E-state index in [1.165, 1.54) is 64.7 Å². The van der Waals surface area contributed by atoms with Crippen LogP contribution in [-0.2, 0) is 5.41 Å². The summed E-state index contributed by atoms with van der Waals surface area (Å²) in [6.07, 6.45) is 0. The summed E-state index contributed by atoms with van der Waals surface area (Å²) in [4.78, 5) is 10.9. The number of hydrogen-bond acceptors (Lipinski definition) is 3. The van der Waals surface area contributed by atoms with Crippen LogP contribution < -0.4 is 0 Å². The molecule has 0 bridgehead atoms. The summed E-state index contributed by atoms with van der Waals surface area (Å²) >= 11 is 1.86. The van der Waals surface area contributed by atoms with E-state index in [9.17, 15) is 0 Å². The Kier molecular flexibility index (Phi) is 8.84. The number of aromatic nitrogens is 2. The van der Waals surface area contributed by atoms with Gasteiger partial charge in [-0.05, 0) is 98.5 Å². The van der Waals surface area contributed by atoms with Gasteiger partial charge in [-0.25, -0.2) is 9.97 Å². The Bertz CT molecular complexity index is 3500. The summed E-state index contributed by atoms with van der Waals surface area (Å²) in [5, 5.41) is 2.57. The van der Waals surface area contributed by atoms with Crippen LogP contribution in [0.15, 0.2) is 224 Å². The number of nitrogens with zero attached hydrogens (tertiary/aromatic N) is 2. The molecule has 1 aliphatic rings. The van der Waals surface area contributed by atoms with Gasteiger partial charge < -0.3 is 0 Å². The molecule has 63 heavy (non-hydrogen) atoms. The second-order valence-electron chi connectivity index (χ2n) is 16.6. The molecule has 0 saturated heterocycles. The molecule has 0 aliphatic heterocycles. The standard InChI is InChI=1S/C60H40N2S/c1-60(46-21-9-4-10-22-46)53-29-13-11-23-48(53)50-26-16-28-52(57(50)60)55-38-54(61-59(62-55)42-19-7-3-8-20-42)45-36-43(41-33-31-40(32-34-41)39-17-5-2-6-18-39)35-44(37-45)47-25-15-27-51-49-24-12-14-30-56(49)63-58(47)51/h2-38H,1H3. The summed E-state index contributed by atoms with van der Waals surface area (Å²) in [7, 11) is 0. The van der Waals surface area contributed by atoms with E-state index in [1.54, 1.807) is 0 Å². The van der Waals surface area contributed by atoms with Gasteiger partial charge in [0.15, 0.2) is 5.82 Å². The van der Waals surface area contributed by atoms with Crippen molar-refractivity contribution in [3.8, 4) is 78.4 Å². The molecule has 11 aromatic rings. The number of hydrogen-bond donors (Lipinski definition) is 0. The second kappa shape index (κ2) is 15.0. The molecule has 1 unspecified atom stereocenters. The highest BCUT2D eigenvalue weighted by Crippen LogP contribution is 2.55. The van der Waals surface area contributed by atoms with Crippen molar-refractivity contribution in [3.63, 3.8) is 0 Å². The minimum atomic E-state index is -0.399. The van der Waals surface area contributed by atoms with Gasteiger partial charge in [-0.15, -0.1) is 11.3 Å². The minimum Gasteiger partial charge on any atom is -0.228 e. The van der Waals surface area contributed by atoms with Crippen LogP contribution in [0.4, 0.5) is 0 Å². The van der Waals surface area contributed by atoms with Crippen LogP contribution in [0.3, 0.4) is 0 Å². The third-order valence-corrected chi connectivity index (χ3v) is 14.2. The molecule has 0 spiro atoms. The Morgan fingerprint density at radius 1 is 0.365 bits per heavy atom. The van der Waals surface area contributed by atoms with Gasteiger partial charge in [0.1, 0.15) is 0 Å². The normalized spacial score (nSPS) is 14.2. The third kappa shape index (κ3) is 6.23. The number of benzene rings is 9. The molecule has 0 amide bonds. The van der Waals surface area contributed by atoms with Gasteiger partial charge in [-0.3, -0.25) is 0 Å². The van der Waals surface area contributed by atoms with E-state index >= 15 is 0 Å². The van der Waals surface area contributed by atoms with Crippen molar-refractivity contribution >= 4 is 31.5 Å². The second-order valence-corrected chi connectivity index (χ2v) is 17.7. The Hall–Kier alpha value is -7.72. The van der Waals surface area contributed by atoms with E-state index < -0.39 is 5.41 Å². The van der Waals surface area contributed by atoms with E-state index in [2.05, 4.69) is 225 Å². The van der Waals surface area contributed by atoms with Crippen LogP contribution >= 0.6 is 11.3 Å². The quantitative estimate of drug-likeness (QED) is 0.160. The van der Waals surface area contributed by atoms with Crippen LogP contribution in [0.2, 0.25) is 0 Å². The van der Waals surface area contributed by atoms with Gasteiger partial charge >= 0.3 is 0 Å². The van der Waals surface area contributed by atoms with Gasteiger partial charge in [0, 0.05) is 42.3 Å². The zero-order chi connectivity index (χ0) is 41.9. The van der Waals surface area contributed by atoms with E-state index in [-0.39, 0.29) is 0 Å². The molecule has 2 heterocycles. The summed E-state index contributed by atoms with van der Waals surface area (Å²) in [5.41, 5.74) is 17.9. The zero-order valence-corrected chi connectivity index (χ0v) is 35.5. The highest BCUT2D eigenvalue weighted by atomic mass is 32.1. The van der Waals surface area contributed by atoms with Crippen molar-refractivity contribution in [1.82, 2.24) is 9.97 Å². The predicted octanol–water partition coefficient (Wildman–Crippen LogP) is 16.2. The molecule has 3 heteroatoms. The maximum absolute atomic E-state index is 5.45. The average molecular weight is 821 g/mol. The number of rotatable bonds is 7. The van der Waals surface area contributed by atoms with E-state index in [0.29, 0.717) is 5.82 Å². The molecule has 2 nitrogen and oxygen atoms in total.